The second-order valence-corrected chi connectivity index (χ2v) is 9.32. The van der Waals surface area contributed by atoms with Crippen molar-refractivity contribution in [2.24, 2.45) is 7.05 Å². The average Bonchev–Trinajstić information content (AvgIpc) is 3.45. The van der Waals surface area contributed by atoms with E-state index in [1.54, 1.807) is 50.2 Å². The standard InChI is InChI=1S/C24H27N5O4S/c1-13-14(2)27-28(4)23(31)19(13)22-25-15(3)20(34-22)24(32)29-12-6-7-18(29)21(30)26-16-8-10-17(33-5)11-9-16/h8-11,18H,6-7,12H2,1-5H3,(H,26,30). The molecule has 0 radical (unpaired) electrons. The SMILES string of the molecule is COc1ccc(NC(=O)C2CCCN2C(=O)c2sc(-c3c(C)c(C)nn(C)c3=O)nc2C)cc1. The monoisotopic (exact) mass is 481 g/mol. The van der Waals surface area contributed by atoms with Crippen LogP contribution in [0.1, 0.15) is 39.5 Å². The van der Waals surface area contributed by atoms with Gasteiger partial charge in [0.05, 0.1) is 24.1 Å². The number of benzene rings is 1. The summed E-state index contributed by atoms with van der Waals surface area (Å²) in [5, 5.41) is 7.60. The lowest BCUT2D eigenvalue weighted by atomic mass is 10.1. The molecule has 10 heteroatoms. The first-order chi connectivity index (χ1) is 16.2. The van der Waals surface area contributed by atoms with Gasteiger partial charge in [-0.05, 0) is 63.4 Å². The van der Waals surface area contributed by atoms with Gasteiger partial charge in [0.1, 0.15) is 21.7 Å². The second kappa shape index (κ2) is 9.38. The first-order valence-corrected chi connectivity index (χ1v) is 11.8. The third-order valence-electron chi connectivity index (χ3n) is 6.10. The van der Waals surface area contributed by atoms with Crippen LogP contribution >= 0.6 is 11.3 Å². The minimum atomic E-state index is -0.572. The van der Waals surface area contributed by atoms with E-state index in [1.807, 2.05) is 13.8 Å². The number of hydrogen-bond acceptors (Lipinski definition) is 7. The lowest BCUT2D eigenvalue weighted by molar-refractivity contribution is -0.119. The number of rotatable bonds is 5. The van der Waals surface area contributed by atoms with Crippen molar-refractivity contribution in [1.82, 2.24) is 19.7 Å². The van der Waals surface area contributed by atoms with Crippen LogP contribution < -0.4 is 15.6 Å². The highest BCUT2D eigenvalue weighted by atomic mass is 32.1. The van der Waals surface area contributed by atoms with Crippen molar-refractivity contribution in [3.63, 3.8) is 0 Å². The quantitative estimate of drug-likeness (QED) is 0.600. The third kappa shape index (κ3) is 4.33. The maximum Gasteiger partial charge on any atom is 0.277 e. The van der Waals surface area contributed by atoms with Crippen molar-refractivity contribution in [3.8, 4) is 16.3 Å². The molecule has 3 aromatic rings. The summed E-state index contributed by atoms with van der Waals surface area (Å²) in [5.41, 5.74) is 2.86. The zero-order chi connectivity index (χ0) is 24.6. The Morgan fingerprint density at radius 2 is 1.85 bits per heavy atom. The first-order valence-electron chi connectivity index (χ1n) is 11.0. The summed E-state index contributed by atoms with van der Waals surface area (Å²) in [6.45, 7) is 5.91. The molecule has 9 nitrogen and oxygen atoms in total. The van der Waals surface area contributed by atoms with Crippen LogP contribution in [0.4, 0.5) is 5.69 Å². The van der Waals surface area contributed by atoms with E-state index < -0.39 is 6.04 Å². The predicted octanol–water partition coefficient (Wildman–Crippen LogP) is 3.08. The van der Waals surface area contributed by atoms with Crippen LogP contribution in [0.2, 0.25) is 0 Å². The van der Waals surface area contributed by atoms with Gasteiger partial charge in [-0.1, -0.05) is 0 Å². The van der Waals surface area contributed by atoms with Gasteiger partial charge in [0.25, 0.3) is 11.5 Å². The van der Waals surface area contributed by atoms with Crippen LogP contribution in [0, 0.1) is 20.8 Å². The molecule has 1 fully saturated rings. The molecular formula is C24H27N5O4S. The molecule has 1 aromatic carbocycles. The lowest BCUT2D eigenvalue weighted by Crippen LogP contribution is -2.43. The molecule has 2 aromatic heterocycles. The van der Waals surface area contributed by atoms with Gasteiger partial charge in [0.15, 0.2) is 0 Å². The summed E-state index contributed by atoms with van der Waals surface area (Å²) in [6, 6.07) is 6.48. The Bertz CT molecular complexity index is 1310. The van der Waals surface area contributed by atoms with Crippen LogP contribution in [0.25, 0.3) is 10.6 Å². The minimum Gasteiger partial charge on any atom is -0.497 e. The van der Waals surface area contributed by atoms with E-state index in [-0.39, 0.29) is 17.4 Å². The molecule has 1 aliphatic rings. The zero-order valence-corrected chi connectivity index (χ0v) is 20.7. The van der Waals surface area contributed by atoms with Crippen molar-refractivity contribution < 1.29 is 14.3 Å². The highest BCUT2D eigenvalue weighted by molar-refractivity contribution is 7.17. The summed E-state index contributed by atoms with van der Waals surface area (Å²) >= 11 is 1.19. The average molecular weight is 482 g/mol. The number of carbonyl (C=O) groups excluding carboxylic acids is 2. The largest absolute Gasteiger partial charge is 0.497 e. The number of nitrogens with zero attached hydrogens (tertiary/aromatic N) is 4. The number of methoxy groups -OCH3 is 1. The summed E-state index contributed by atoms with van der Waals surface area (Å²) in [6.07, 6.45) is 1.32. The van der Waals surface area contributed by atoms with Gasteiger partial charge in [0, 0.05) is 19.3 Å². The van der Waals surface area contributed by atoms with Crippen molar-refractivity contribution >= 4 is 28.8 Å². The Hall–Kier alpha value is -3.53. The predicted molar refractivity (Wildman–Crippen MR) is 130 cm³/mol. The molecule has 1 saturated heterocycles. The molecule has 4 rings (SSSR count). The minimum absolute atomic E-state index is 0.229. The molecule has 1 N–H and O–H groups in total. The van der Waals surface area contributed by atoms with Gasteiger partial charge in [0.2, 0.25) is 5.91 Å². The van der Waals surface area contributed by atoms with Crippen LogP contribution in [0.5, 0.6) is 5.75 Å². The van der Waals surface area contributed by atoms with E-state index >= 15 is 0 Å². The number of likely N-dealkylation sites (tertiary alicyclic amines) is 1. The highest BCUT2D eigenvalue weighted by Gasteiger charge is 2.36. The molecule has 3 heterocycles. The van der Waals surface area contributed by atoms with Crippen molar-refractivity contribution in [2.75, 3.05) is 19.0 Å². The second-order valence-electron chi connectivity index (χ2n) is 8.32. The molecular weight excluding hydrogens is 454 g/mol. The van der Waals surface area contributed by atoms with Crippen LogP contribution in [-0.2, 0) is 11.8 Å². The van der Waals surface area contributed by atoms with Gasteiger partial charge >= 0.3 is 0 Å². The number of aryl methyl sites for hydroxylation is 3. The number of ether oxygens (including phenoxy) is 1. The number of thiazole rings is 1. The Morgan fingerprint density at radius 3 is 2.53 bits per heavy atom. The van der Waals surface area contributed by atoms with Gasteiger partial charge < -0.3 is 15.0 Å². The first kappa shape index (κ1) is 23.6. The Kier molecular flexibility index (Phi) is 6.52. The highest BCUT2D eigenvalue weighted by Crippen LogP contribution is 2.31. The Balaban J connectivity index is 1.59. The number of hydrogen-bond donors (Lipinski definition) is 1. The summed E-state index contributed by atoms with van der Waals surface area (Å²) in [4.78, 5) is 45.8. The Labute approximate surface area is 201 Å². The molecule has 0 saturated carbocycles. The molecule has 1 atom stereocenters. The van der Waals surface area contributed by atoms with Gasteiger partial charge in [-0.2, -0.15) is 5.10 Å². The molecule has 178 valence electrons. The number of aromatic nitrogens is 3. The van der Waals surface area contributed by atoms with Crippen molar-refractivity contribution in [2.45, 2.75) is 39.7 Å². The number of nitrogens with one attached hydrogen (secondary N) is 1. The van der Waals surface area contributed by atoms with Crippen molar-refractivity contribution in [1.29, 1.82) is 0 Å². The topological polar surface area (TPSA) is 106 Å². The number of amides is 2. The van der Waals surface area contributed by atoms with Gasteiger partial charge in [-0.3, -0.25) is 14.4 Å². The van der Waals surface area contributed by atoms with E-state index in [4.69, 9.17) is 4.74 Å². The molecule has 0 spiro atoms. The van der Waals surface area contributed by atoms with E-state index in [0.717, 1.165) is 17.7 Å². The summed E-state index contributed by atoms with van der Waals surface area (Å²) in [5.74, 6) is 0.225. The van der Waals surface area contributed by atoms with E-state index in [1.165, 1.54) is 16.0 Å². The zero-order valence-electron chi connectivity index (χ0n) is 19.8. The molecule has 0 bridgehead atoms. The van der Waals surface area contributed by atoms with Gasteiger partial charge in [-0.15, -0.1) is 11.3 Å². The molecule has 0 aliphatic carbocycles. The Morgan fingerprint density at radius 1 is 1.15 bits per heavy atom. The van der Waals surface area contributed by atoms with E-state index in [2.05, 4.69) is 15.4 Å². The normalized spacial score (nSPS) is 15.4. The van der Waals surface area contributed by atoms with Crippen LogP contribution in [0.3, 0.4) is 0 Å². The van der Waals surface area contributed by atoms with Crippen LogP contribution in [0.15, 0.2) is 29.1 Å². The van der Waals surface area contributed by atoms with E-state index in [9.17, 15) is 14.4 Å². The number of anilines is 1. The molecule has 2 amide bonds. The molecule has 1 aliphatic heterocycles. The van der Waals surface area contributed by atoms with Crippen LogP contribution in [-0.4, -0.2) is 51.2 Å². The maximum atomic E-state index is 13.5. The smallest absolute Gasteiger partial charge is 0.277 e. The fourth-order valence-electron chi connectivity index (χ4n) is 4.11. The fourth-order valence-corrected chi connectivity index (χ4v) is 5.23. The fraction of sp³-hybridized carbons (Fsp3) is 0.375. The number of carbonyl (C=O) groups is 2. The van der Waals surface area contributed by atoms with E-state index in [0.29, 0.717) is 45.5 Å². The molecule has 34 heavy (non-hydrogen) atoms. The summed E-state index contributed by atoms with van der Waals surface area (Å²) in [7, 11) is 3.18. The lowest BCUT2D eigenvalue weighted by Gasteiger charge is -2.23. The molecule has 1 unspecified atom stereocenters. The maximum absolute atomic E-state index is 13.5. The third-order valence-corrected chi connectivity index (χ3v) is 7.27. The van der Waals surface area contributed by atoms with Gasteiger partial charge in [-0.25, -0.2) is 9.67 Å². The summed E-state index contributed by atoms with van der Waals surface area (Å²) < 4.78 is 6.44. The van der Waals surface area contributed by atoms with Crippen molar-refractivity contribution in [3.05, 3.63) is 56.4 Å².